The van der Waals surface area contributed by atoms with E-state index in [0.29, 0.717) is 11.3 Å². The van der Waals surface area contributed by atoms with Crippen LogP contribution in [0.15, 0.2) is 24.3 Å². The van der Waals surface area contributed by atoms with Crippen LogP contribution >= 0.6 is 0 Å². The lowest BCUT2D eigenvalue weighted by atomic mass is 9.82. The summed E-state index contributed by atoms with van der Waals surface area (Å²) in [4.78, 5) is 24.3. The average Bonchev–Trinajstić information content (AvgIpc) is 2.44. The van der Waals surface area contributed by atoms with E-state index < -0.39 is 8.32 Å². The van der Waals surface area contributed by atoms with E-state index in [1.165, 1.54) is 0 Å². The third-order valence-electron chi connectivity index (χ3n) is 3.91. The molecule has 0 bridgehead atoms. The van der Waals surface area contributed by atoms with Crippen LogP contribution in [0.5, 0.6) is 5.75 Å². The standard InChI is InChI=1S/C17H25NO4Si/c1-11(22-23(3,4)5)16-14(18-17(16)20)10-15(19)12-7-6-8-13(9-12)21-2/h6-9,11,14,16H,10H2,1-5H3,(H,18,20)/t11-,14-,16-/m1/s1. The second kappa shape index (κ2) is 6.84. The van der Waals surface area contributed by atoms with Crippen molar-refractivity contribution in [2.75, 3.05) is 7.11 Å². The van der Waals surface area contributed by atoms with E-state index in [-0.39, 0.29) is 36.2 Å². The summed E-state index contributed by atoms with van der Waals surface area (Å²) in [5.41, 5.74) is 0.600. The monoisotopic (exact) mass is 335 g/mol. The van der Waals surface area contributed by atoms with E-state index in [0.717, 1.165) is 0 Å². The SMILES string of the molecule is COc1cccc(C(=O)C[C@H]2NC(=O)[C@@H]2[C@@H](C)O[Si](C)(C)C)c1. The van der Waals surface area contributed by atoms with Crippen LogP contribution in [0.3, 0.4) is 0 Å². The number of Topliss-reactive ketones (excluding diaryl/α,β-unsaturated/α-hetero) is 1. The molecule has 1 amide bonds. The van der Waals surface area contributed by atoms with Crippen molar-refractivity contribution in [2.24, 2.45) is 5.92 Å². The lowest BCUT2D eigenvalue weighted by Gasteiger charge is -2.41. The number of methoxy groups -OCH3 is 1. The predicted octanol–water partition coefficient (Wildman–Crippen LogP) is 2.62. The van der Waals surface area contributed by atoms with E-state index >= 15 is 0 Å². The smallest absolute Gasteiger partial charge is 0.228 e. The van der Waals surface area contributed by atoms with Gasteiger partial charge in [0.2, 0.25) is 5.91 Å². The third-order valence-corrected chi connectivity index (χ3v) is 4.98. The van der Waals surface area contributed by atoms with Gasteiger partial charge >= 0.3 is 0 Å². The quantitative estimate of drug-likeness (QED) is 0.473. The zero-order valence-corrected chi connectivity index (χ0v) is 15.4. The molecular weight excluding hydrogens is 310 g/mol. The van der Waals surface area contributed by atoms with Crippen molar-refractivity contribution in [2.45, 2.75) is 45.1 Å². The summed E-state index contributed by atoms with van der Waals surface area (Å²) in [5.74, 6) is 0.370. The molecule has 0 unspecified atom stereocenters. The number of β-lactam (4-membered cyclic amide) rings is 1. The number of amides is 1. The normalized spacial score (nSPS) is 22.0. The summed E-state index contributed by atoms with van der Waals surface area (Å²) in [6.07, 6.45) is 0.113. The van der Waals surface area contributed by atoms with Crippen LogP contribution in [0, 0.1) is 5.92 Å². The molecule has 1 heterocycles. The summed E-state index contributed by atoms with van der Waals surface area (Å²) >= 11 is 0. The Balaban J connectivity index is 2.01. The van der Waals surface area contributed by atoms with Crippen molar-refractivity contribution < 1.29 is 18.8 Å². The summed E-state index contributed by atoms with van der Waals surface area (Å²) in [6.45, 7) is 8.20. The van der Waals surface area contributed by atoms with Crippen LogP contribution in [0.4, 0.5) is 0 Å². The van der Waals surface area contributed by atoms with Gasteiger partial charge in [0.25, 0.3) is 0 Å². The molecule has 0 spiro atoms. The lowest BCUT2D eigenvalue weighted by molar-refractivity contribution is -0.139. The number of carbonyl (C=O) groups excluding carboxylic acids is 2. The van der Waals surface area contributed by atoms with Crippen LogP contribution < -0.4 is 10.1 Å². The fourth-order valence-corrected chi connectivity index (χ4v) is 4.18. The van der Waals surface area contributed by atoms with Crippen molar-refractivity contribution in [1.82, 2.24) is 5.32 Å². The van der Waals surface area contributed by atoms with Crippen LogP contribution in [0.2, 0.25) is 19.6 Å². The Morgan fingerprint density at radius 3 is 2.61 bits per heavy atom. The summed E-state index contributed by atoms with van der Waals surface area (Å²) in [7, 11) is -0.152. The van der Waals surface area contributed by atoms with Gasteiger partial charge in [-0.3, -0.25) is 9.59 Å². The second-order valence-electron chi connectivity index (χ2n) is 6.94. The molecule has 1 aliphatic rings. The first-order valence-corrected chi connectivity index (χ1v) is 11.3. The van der Waals surface area contributed by atoms with Gasteiger partial charge < -0.3 is 14.5 Å². The first-order valence-electron chi connectivity index (χ1n) is 7.86. The van der Waals surface area contributed by atoms with Crippen LogP contribution in [-0.2, 0) is 9.22 Å². The molecule has 1 saturated heterocycles. The molecule has 1 fully saturated rings. The van der Waals surface area contributed by atoms with Gasteiger partial charge in [0, 0.05) is 12.0 Å². The van der Waals surface area contributed by atoms with Crippen molar-refractivity contribution in [1.29, 1.82) is 0 Å². The van der Waals surface area contributed by atoms with Crippen LogP contribution in [0.1, 0.15) is 23.7 Å². The number of rotatable bonds is 7. The topological polar surface area (TPSA) is 64.6 Å². The van der Waals surface area contributed by atoms with Crippen molar-refractivity contribution >= 4 is 20.0 Å². The molecule has 1 aromatic carbocycles. The maximum Gasteiger partial charge on any atom is 0.228 e. The lowest BCUT2D eigenvalue weighted by Crippen LogP contribution is -2.63. The van der Waals surface area contributed by atoms with Crippen molar-refractivity contribution in [3.63, 3.8) is 0 Å². The zero-order chi connectivity index (χ0) is 17.2. The molecule has 3 atom stereocenters. The Kier molecular flexibility index (Phi) is 5.26. The highest BCUT2D eigenvalue weighted by Gasteiger charge is 2.45. The number of benzene rings is 1. The van der Waals surface area contributed by atoms with E-state index in [1.54, 1.807) is 31.4 Å². The van der Waals surface area contributed by atoms with Gasteiger partial charge in [0.05, 0.1) is 25.2 Å². The molecule has 126 valence electrons. The Labute approximate surface area is 138 Å². The number of hydrogen-bond donors (Lipinski definition) is 1. The number of nitrogens with one attached hydrogen (secondary N) is 1. The van der Waals surface area contributed by atoms with E-state index in [4.69, 9.17) is 9.16 Å². The average molecular weight is 335 g/mol. The molecule has 6 heteroatoms. The molecular formula is C17H25NO4Si. The van der Waals surface area contributed by atoms with Gasteiger partial charge in [-0.15, -0.1) is 0 Å². The summed E-state index contributed by atoms with van der Waals surface area (Å²) in [5, 5.41) is 2.83. The number of hydrogen-bond acceptors (Lipinski definition) is 4. The molecule has 23 heavy (non-hydrogen) atoms. The highest BCUT2D eigenvalue weighted by atomic mass is 28.4. The van der Waals surface area contributed by atoms with Gasteiger partial charge in [-0.2, -0.15) is 0 Å². The summed E-state index contributed by atoms with van der Waals surface area (Å²) < 4.78 is 11.2. The molecule has 0 aliphatic carbocycles. The second-order valence-corrected chi connectivity index (χ2v) is 11.4. The third kappa shape index (κ3) is 4.42. The highest BCUT2D eigenvalue weighted by molar-refractivity contribution is 6.69. The van der Waals surface area contributed by atoms with E-state index in [1.807, 2.05) is 6.92 Å². The Morgan fingerprint density at radius 1 is 1.35 bits per heavy atom. The fourth-order valence-electron chi connectivity index (χ4n) is 2.92. The largest absolute Gasteiger partial charge is 0.497 e. The zero-order valence-electron chi connectivity index (χ0n) is 14.4. The van der Waals surface area contributed by atoms with Crippen LogP contribution in [-0.4, -0.2) is 39.3 Å². The van der Waals surface area contributed by atoms with Gasteiger partial charge in [-0.05, 0) is 38.7 Å². The Hall–Kier alpha value is -1.66. The summed E-state index contributed by atoms with van der Waals surface area (Å²) in [6, 6.07) is 6.92. The van der Waals surface area contributed by atoms with Gasteiger partial charge in [-0.25, -0.2) is 0 Å². The maximum absolute atomic E-state index is 12.4. The van der Waals surface area contributed by atoms with Crippen LogP contribution in [0.25, 0.3) is 0 Å². The van der Waals surface area contributed by atoms with Gasteiger partial charge in [0.15, 0.2) is 14.1 Å². The molecule has 0 aromatic heterocycles. The molecule has 1 aliphatic heterocycles. The fraction of sp³-hybridized carbons (Fsp3) is 0.529. The first kappa shape index (κ1) is 17.7. The minimum Gasteiger partial charge on any atom is -0.497 e. The predicted molar refractivity (Wildman–Crippen MR) is 91.3 cm³/mol. The Morgan fingerprint density at radius 2 is 2.04 bits per heavy atom. The molecule has 0 radical (unpaired) electrons. The first-order chi connectivity index (χ1) is 10.7. The van der Waals surface area contributed by atoms with Gasteiger partial charge in [-0.1, -0.05) is 12.1 Å². The maximum atomic E-state index is 12.4. The molecule has 1 aromatic rings. The molecule has 2 rings (SSSR count). The van der Waals surface area contributed by atoms with Crippen molar-refractivity contribution in [3.05, 3.63) is 29.8 Å². The van der Waals surface area contributed by atoms with E-state index in [9.17, 15) is 9.59 Å². The minimum absolute atomic E-state index is 0.000830. The number of carbonyl (C=O) groups is 2. The number of ether oxygens (including phenoxy) is 1. The Bertz CT molecular complexity index is 597. The molecule has 0 saturated carbocycles. The molecule has 5 nitrogen and oxygen atoms in total. The highest BCUT2D eigenvalue weighted by Crippen LogP contribution is 2.27. The molecule has 1 N–H and O–H groups in total. The van der Waals surface area contributed by atoms with E-state index in [2.05, 4.69) is 25.0 Å². The minimum atomic E-state index is -1.72. The van der Waals surface area contributed by atoms with Crippen molar-refractivity contribution in [3.8, 4) is 5.75 Å². The number of ketones is 1. The van der Waals surface area contributed by atoms with Gasteiger partial charge in [0.1, 0.15) is 5.75 Å².